The van der Waals surface area contributed by atoms with E-state index in [0.717, 1.165) is 25.7 Å². The maximum Gasteiger partial charge on any atom is 0.305 e. The van der Waals surface area contributed by atoms with Gasteiger partial charge in [-0.3, -0.25) is 9.36 Å². The number of nitrogens with zero attached hydrogens (tertiary/aromatic N) is 1. The van der Waals surface area contributed by atoms with Gasteiger partial charge in [-0.15, -0.1) is 0 Å². The molecule has 1 atom stereocenters. The highest BCUT2D eigenvalue weighted by Crippen LogP contribution is 2.37. The van der Waals surface area contributed by atoms with Crippen LogP contribution in [0.1, 0.15) is 96.8 Å². The first-order valence-electron chi connectivity index (χ1n) is 12.9. The number of phosphoric ester groups is 1. The molecule has 0 radical (unpaired) electrons. The van der Waals surface area contributed by atoms with E-state index in [4.69, 9.17) is 13.8 Å². The van der Waals surface area contributed by atoms with Crippen molar-refractivity contribution in [2.75, 3.05) is 47.5 Å². The minimum absolute atomic E-state index is 0.0551. The molecular formula is C25H50NO6P. The Morgan fingerprint density at radius 1 is 0.788 bits per heavy atom. The SMILES string of the molecule is CCCCCCCCC=CCCCCCCCC(=O)OCCOP(=O)([O-])OCC[N+](C)(C)C. The Labute approximate surface area is 203 Å². The molecule has 0 saturated carbocycles. The van der Waals surface area contributed by atoms with Crippen LogP contribution in [0.5, 0.6) is 0 Å². The number of likely N-dealkylation sites (N-methyl/N-ethyl adjacent to an activating group) is 1. The van der Waals surface area contributed by atoms with Gasteiger partial charge in [-0.1, -0.05) is 70.4 Å². The van der Waals surface area contributed by atoms with Gasteiger partial charge in [0.15, 0.2) is 0 Å². The summed E-state index contributed by atoms with van der Waals surface area (Å²) in [5.41, 5.74) is 0. The van der Waals surface area contributed by atoms with Gasteiger partial charge in [-0.05, 0) is 32.1 Å². The lowest BCUT2D eigenvalue weighted by atomic mass is 10.1. The van der Waals surface area contributed by atoms with Gasteiger partial charge in [-0.25, -0.2) is 0 Å². The number of hydrogen-bond donors (Lipinski definition) is 0. The molecule has 0 aromatic carbocycles. The fourth-order valence-corrected chi connectivity index (χ4v) is 3.86. The van der Waals surface area contributed by atoms with Crippen molar-refractivity contribution >= 4 is 13.8 Å². The van der Waals surface area contributed by atoms with Crippen LogP contribution in [0.3, 0.4) is 0 Å². The van der Waals surface area contributed by atoms with Crippen molar-refractivity contribution in [3.8, 4) is 0 Å². The first-order chi connectivity index (χ1) is 15.7. The highest BCUT2D eigenvalue weighted by molar-refractivity contribution is 7.45. The van der Waals surface area contributed by atoms with Crippen molar-refractivity contribution in [1.82, 2.24) is 0 Å². The monoisotopic (exact) mass is 491 g/mol. The van der Waals surface area contributed by atoms with Gasteiger partial charge < -0.3 is 23.2 Å². The summed E-state index contributed by atoms with van der Waals surface area (Å²) in [6.45, 7) is 2.54. The molecule has 1 unspecified atom stereocenters. The molecule has 196 valence electrons. The van der Waals surface area contributed by atoms with Crippen LogP contribution in [0, 0.1) is 0 Å². The average molecular weight is 492 g/mol. The second-order valence-corrected chi connectivity index (χ2v) is 11.1. The van der Waals surface area contributed by atoms with Crippen LogP contribution in [0.15, 0.2) is 12.2 Å². The molecule has 0 aliphatic rings. The van der Waals surface area contributed by atoms with Gasteiger partial charge >= 0.3 is 5.97 Å². The zero-order chi connectivity index (χ0) is 24.8. The van der Waals surface area contributed by atoms with Crippen LogP contribution in [0.2, 0.25) is 0 Å². The van der Waals surface area contributed by atoms with E-state index in [9.17, 15) is 14.3 Å². The first kappa shape index (κ1) is 32.3. The number of ether oxygens (including phenoxy) is 1. The molecule has 0 aromatic heterocycles. The lowest BCUT2D eigenvalue weighted by Gasteiger charge is -2.27. The van der Waals surface area contributed by atoms with E-state index in [1.165, 1.54) is 57.8 Å². The first-order valence-corrected chi connectivity index (χ1v) is 14.3. The summed E-state index contributed by atoms with van der Waals surface area (Å²) in [5.74, 6) is -0.317. The van der Waals surface area contributed by atoms with E-state index >= 15 is 0 Å². The van der Waals surface area contributed by atoms with E-state index in [2.05, 4.69) is 19.1 Å². The minimum atomic E-state index is -4.35. The maximum atomic E-state index is 11.7. The Morgan fingerprint density at radius 3 is 1.88 bits per heavy atom. The fraction of sp³-hybridized carbons (Fsp3) is 0.880. The number of quaternary nitrogens is 1. The summed E-state index contributed by atoms with van der Waals surface area (Å²) in [4.78, 5) is 23.3. The van der Waals surface area contributed by atoms with E-state index in [-0.39, 0.29) is 25.8 Å². The van der Waals surface area contributed by atoms with Gasteiger partial charge in [0, 0.05) is 6.42 Å². The van der Waals surface area contributed by atoms with Crippen molar-refractivity contribution in [2.45, 2.75) is 96.8 Å². The number of carbonyl (C=O) groups excluding carboxylic acids is 1. The van der Waals surface area contributed by atoms with E-state index < -0.39 is 7.82 Å². The summed E-state index contributed by atoms with van der Waals surface area (Å²) >= 11 is 0. The van der Waals surface area contributed by atoms with E-state index in [1.54, 1.807) is 0 Å². The highest BCUT2D eigenvalue weighted by Gasteiger charge is 2.13. The molecule has 0 rings (SSSR count). The van der Waals surface area contributed by atoms with Crippen LogP contribution >= 0.6 is 7.82 Å². The number of esters is 1. The molecule has 0 N–H and O–H groups in total. The topological polar surface area (TPSA) is 84.9 Å². The Morgan fingerprint density at radius 2 is 1.30 bits per heavy atom. The Hall–Kier alpha value is -0.720. The standard InChI is InChI=1S/C25H50NO6P/c1-5-6-7-8-9-10-11-12-13-14-15-16-17-18-19-20-25(27)30-23-24-32-33(28,29)31-22-21-26(2,3)4/h12-13H,5-11,14-24H2,1-4H3. The molecule has 0 aromatic rings. The molecule has 0 fully saturated rings. The zero-order valence-electron chi connectivity index (χ0n) is 21.7. The van der Waals surface area contributed by atoms with Crippen LogP contribution in [0.25, 0.3) is 0 Å². The van der Waals surface area contributed by atoms with Crippen molar-refractivity contribution in [2.24, 2.45) is 0 Å². The molecule has 0 heterocycles. The molecule has 7 nitrogen and oxygen atoms in total. The molecule has 33 heavy (non-hydrogen) atoms. The normalized spacial score (nSPS) is 14.0. The molecule has 0 bridgehead atoms. The third-order valence-corrected chi connectivity index (χ3v) is 6.25. The lowest BCUT2D eigenvalue weighted by molar-refractivity contribution is -0.870. The summed E-state index contributed by atoms with van der Waals surface area (Å²) < 4.78 is 26.7. The molecule has 0 amide bonds. The molecule has 0 saturated heterocycles. The van der Waals surface area contributed by atoms with Crippen molar-refractivity contribution in [3.63, 3.8) is 0 Å². The van der Waals surface area contributed by atoms with Gasteiger partial charge in [0.1, 0.15) is 19.8 Å². The summed E-state index contributed by atoms with van der Waals surface area (Å²) in [6, 6.07) is 0. The van der Waals surface area contributed by atoms with Gasteiger partial charge in [-0.2, -0.15) is 0 Å². The van der Waals surface area contributed by atoms with Crippen molar-refractivity contribution < 1.29 is 32.5 Å². The Balaban J connectivity index is 3.47. The van der Waals surface area contributed by atoms with E-state index in [1.807, 2.05) is 21.1 Å². The summed E-state index contributed by atoms with van der Waals surface area (Å²) in [5, 5.41) is 0. The van der Waals surface area contributed by atoms with Crippen LogP contribution in [-0.2, 0) is 23.1 Å². The third kappa shape index (κ3) is 25.7. The third-order valence-electron chi connectivity index (χ3n) is 5.25. The molecule has 8 heteroatoms. The number of unbranched alkanes of at least 4 members (excludes halogenated alkanes) is 11. The van der Waals surface area contributed by atoms with Crippen LogP contribution in [0.4, 0.5) is 0 Å². The largest absolute Gasteiger partial charge is 0.756 e. The Bertz CT molecular complexity index is 548. The Kier molecular flexibility index (Phi) is 20.2. The lowest BCUT2D eigenvalue weighted by Crippen LogP contribution is -2.37. The highest BCUT2D eigenvalue weighted by atomic mass is 31.2. The van der Waals surface area contributed by atoms with Crippen LogP contribution in [-0.4, -0.2) is 58.0 Å². The predicted octanol–water partition coefficient (Wildman–Crippen LogP) is 5.77. The molecular weight excluding hydrogens is 441 g/mol. The number of allylic oxidation sites excluding steroid dienone is 2. The zero-order valence-corrected chi connectivity index (χ0v) is 22.6. The second kappa shape index (κ2) is 20.6. The average Bonchev–Trinajstić information content (AvgIpc) is 2.73. The second-order valence-electron chi connectivity index (χ2n) is 9.68. The number of hydrogen-bond acceptors (Lipinski definition) is 6. The number of rotatable bonds is 23. The van der Waals surface area contributed by atoms with Gasteiger partial charge in [0.25, 0.3) is 7.82 Å². The van der Waals surface area contributed by atoms with Gasteiger partial charge in [0.2, 0.25) is 0 Å². The van der Waals surface area contributed by atoms with E-state index in [0.29, 0.717) is 17.4 Å². The van der Waals surface area contributed by atoms with Crippen LogP contribution < -0.4 is 4.89 Å². The molecule has 0 aliphatic heterocycles. The quantitative estimate of drug-likeness (QED) is 0.0593. The summed E-state index contributed by atoms with van der Waals surface area (Å²) in [7, 11) is 1.47. The smallest absolute Gasteiger partial charge is 0.305 e. The predicted molar refractivity (Wildman–Crippen MR) is 133 cm³/mol. The molecule has 0 aliphatic carbocycles. The molecule has 0 spiro atoms. The van der Waals surface area contributed by atoms with Crippen molar-refractivity contribution in [3.05, 3.63) is 12.2 Å². The van der Waals surface area contributed by atoms with Gasteiger partial charge in [0.05, 0.1) is 27.7 Å². The summed E-state index contributed by atoms with van der Waals surface area (Å²) in [6.07, 6.45) is 20.7. The van der Waals surface area contributed by atoms with Crippen molar-refractivity contribution in [1.29, 1.82) is 0 Å². The number of carbonyl (C=O) groups is 1. The minimum Gasteiger partial charge on any atom is -0.756 e. The maximum absolute atomic E-state index is 11.7. The fourth-order valence-electron chi connectivity index (χ4n) is 3.18. The number of phosphoric acid groups is 1.